The fourth-order valence-electron chi connectivity index (χ4n) is 3.14. The van der Waals surface area contributed by atoms with Gasteiger partial charge in [0.2, 0.25) is 5.88 Å². The van der Waals surface area contributed by atoms with Gasteiger partial charge in [-0.25, -0.2) is 9.50 Å². The van der Waals surface area contributed by atoms with E-state index < -0.39 is 0 Å². The Kier molecular flexibility index (Phi) is 4.54. The van der Waals surface area contributed by atoms with E-state index in [1.54, 1.807) is 16.6 Å². The third kappa shape index (κ3) is 3.59. The zero-order chi connectivity index (χ0) is 17.4. The number of benzene rings is 1. The largest absolute Gasteiger partial charge is 0.472 e. The molecular weight excluding hydrogens is 359 g/mol. The normalized spacial score (nSPS) is 18.6. The number of fused-ring (bicyclic) bond motifs is 1. The van der Waals surface area contributed by atoms with Crippen molar-refractivity contribution >= 4 is 28.8 Å². The predicted molar refractivity (Wildman–Crippen MR) is 99.6 cm³/mol. The molecule has 1 aliphatic heterocycles. The van der Waals surface area contributed by atoms with Crippen molar-refractivity contribution in [2.24, 2.45) is 0 Å². The Morgan fingerprint density at radius 2 is 2.08 bits per heavy atom. The molecule has 0 aliphatic carbocycles. The van der Waals surface area contributed by atoms with Gasteiger partial charge in [-0.05, 0) is 50.7 Å². The van der Waals surface area contributed by atoms with Crippen LogP contribution in [0.3, 0.4) is 0 Å². The van der Waals surface area contributed by atoms with Crippen LogP contribution in [0.25, 0.3) is 16.9 Å². The van der Waals surface area contributed by atoms with Gasteiger partial charge in [-0.1, -0.05) is 23.2 Å². The van der Waals surface area contributed by atoms with Gasteiger partial charge in [0.1, 0.15) is 6.10 Å². The van der Waals surface area contributed by atoms with Gasteiger partial charge in [0.15, 0.2) is 5.65 Å². The molecule has 130 valence electrons. The van der Waals surface area contributed by atoms with E-state index >= 15 is 0 Å². The first-order valence-electron chi connectivity index (χ1n) is 8.25. The number of aromatic nitrogens is 3. The maximum atomic E-state index is 6.28. The maximum Gasteiger partial charge on any atom is 0.232 e. The third-order valence-electron chi connectivity index (χ3n) is 4.37. The van der Waals surface area contributed by atoms with Crippen LogP contribution >= 0.6 is 23.2 Å². The lowest BCUT2D eigenvalue weighted by Gasteiger charge is -2.29. The highest BCUT2D eigenvalue weighted by atomic mass is 35.5. The molecule has 0 radical (unpaired) electrons. The Morgan fingerprint density at radius 3 is 2.88 bits per heavy atom. The summed E-state index contributed by atoms with van der Waals surface area (Å²) in [6, 6.07) is 9.15. The molecule has 1 saturated heterocycles. The molecule has 0 amide bonds. The highest BCUT2D eigenvalue weighted by Gasteiger charge is 2.19. The molecule has 0 bridgehead atoms. The van der Waals surface area contributed by atoms with Crippen LogP contribution in [0, 0.1) is 0 Å². The summed E-state index contributed by atoms with van der Waals surface area (Å²) in [4.78, 5) is 6.86. The topological polar surface area (TPSA) is 42.7 Å². The lowest BCUT2D eigenvalue weighted by Crippen LogP contribution is -2.38. The molecule has 3 aromatic rings. The Labute approximate surface area is 156 Å². The van der Waals surface area contributed by atoms with E-state index in [1.165, 1.54) is 0 Å². The molecule has 2 aromatic heterocycles. The number of likely N-dealkylation sites (tertiary alicyclic amines) is 1. The minimum atomic E-state index is 0.178. The quantitative estimate of drug-likeness (QED) is 0.687. The summed E-state index contributed by atoms with van der Waals surface area (Å²) < 4.78 is 7.77. The number of rotatable bonds is 3. The molecule has 7 heteroatoms. The second-order valence-electron chi connectivity index (χ2n) is 6.37. The minimum absolute atomic E-state index is 0.178. The van der Waals surface area contributed by atoms with Crippen molar-refractivity contribution in [3.63, 3.8) is 0 Å². The Bertz CT molecular complexity index is 911. The molecule has 25 heavy (non-hydrogen) atoms. The van der Waals surface area contributed by atoms with Crippen molar-refractivity contribution in [3.05, 3.63) is 46.6 Å². The van der Waals surface area contributed by atoms with E-state index in [-0.39, 0.29) is 6.10 Å². The fraction of sp³-hybridized carbons (Fsp3) is 0.333. The van der Waals surface area contributed by atoms with Gasteiger partial charge in [0.25, 0.3) is 0 Å². The SMILES string of the molecule is CN1CCCC(Oc2ccc3nc(-c4ccc(Cl)cc4Cl)cn3n2)C1. The van der Waals surface area contributed by atoms with Crippen molar-refractivity contribution in [1.29, 1.82) is 0 Å². The van der Waals surface area contributed by atoms with Gasteiger partial charge in [0, 0.05) is 23.2 Å². The molecule has 1 atom stereocenters. The van der Waals surface area contributed by atoms with Gasteiger partial charge < -0.3 is 9.64 Å². The fourth-order valence-corrected chi connectivity index (χ4v) is 3.65. The van der Waals surface area contributed by atoms with Crippen molar-refractivity contribution in [2.45, 2.75) is 18.9 Å². The van der Waals surface area contributed by atoms with Crippen LogP contribution in [0.1, 0.15) is 12.8 Å². The Balaban J connectivity index is 1.61. The van der Waals surface area contributed by atoms with Gasteiger partial charge in [-0.3, -0.25) is 0 Å². The first-order valence-corrected chi connectivity index (χ1v) is 9.01. The highest BCUT2D eigenvalue weighted by molar-refractivity contribution is 6.36. The number of piperidine rings is 1. The lowest BCUT2D eigenvalue weighted by atomic mass is 10.1. The summed E-state index contributed by atoms with van der Waals surface area (Å²) in [6.07, 6.45) is 4.23. The molecule has 1 aromatic carbocycles. The van der Waals surface area contributed by atoms with Crippen LogP contribution in [0.2, 0.25) is 10.0 Å². The zero-order valence-corrected chi connectivity index (χ0v) is 15.3. The molecule has 1 aliphatic rings. The molecule has 0 saturated carbocycles. The Hall–Kier alpha value is -1.82. The number of nitrogens with zero attached hydrogens (tertiary/aromatic N) is 4. The molecular formula is C18H18Cl2N4O. The third-order valence-corrected chi connectivity index (χ3v) is 4.92. The second kappa shape index (κ2) is 6.83. The standard InChI is InChI=1S/C18H18Cl2N4O/c1-23-8-2-3-13(10-23)25-18-7-6-17-21-16(11-24(17)22-18)14-5-4-12(19)9-15(14)20/h4-7,9,11,13H,2-3,8,10H2,1H3. The smallest absolute Gasteiger partial charge is 0.232 e. The number of hydrogen-bond donors (Lipinski definition) is 0. The monoisotopic (exact) mass is 376 g/mol. The Morgan fingerprint density at radius 1 is 1.20 bits per heavy atom. The van der Waals surface area contributed by atoms with Gasteiger partial charge >= 0.3 is 0 Å². The van der Waals surface area contributed by atoms with Gasteiger partial charge in [-0.2, -0.15) is 0 Å². The molecule has 3 heterocycles. The summed E-state index contributed by atoms with van der Waals surface area (Å²) >= 11 is 12.2. The van der Waals surface area contributed by atoms with Gasteiger partial charge in [0.05, 0.1) is 16.9 Å². The molecule has 1 unspecified atom stereocenters. The predicted octanol–water partition coefficient (Wildman–Crippen LogP) is 4.18. The number of hydrogen-bond acceptors (Lipinski definition) is 4. The van der Waals surface area contributed by atoms with Crippen LogP contribution in [0.4, 0.5) is 0 Å². The first-order chi connectivity index (χ1) is 12.1. The zero-order valence-electron chi connectivity index (χ0n) is 13.8. The summed E-state index contributed by atoms with van der Waals surface area (Å²) in [5.74, 6) is 0.610. The van der Waals surface area contributed by atoms with Crippen LogP contribution in [0.5, 0.6) is 5.88 Å². The molecule has 0 N–H and O–H groups in total. The van der Waals surface area contributed by atoms with Crippen LogP contribution in [0.15, 0.2) is 36.5 Å². The summed E-state index contributed by atoms with van der Waals surface area (Å²) in [7, 11) is 2.12. The van der Waals surface area contributed by atoms with Crippen molar-refractivity contribution in [1.82, 2.24) is 19.5 Å². The summed E-state index contributed by atoms with van der Waals surface area (Å²) in [6.45, 7) is 2.05. The summed E-state index contributed by atoms with van der Waals surface area (Å²) in [5, 5.41) is 5.70. The van der Waals surface area contributed by atoms with E-state index in [0.29, 0.717) is 15.9 Å². The average Bonchev–Trinajstić information content (AvgIpc) is 2.97. The van der Waals surface area contributed by atoms with Crippen LogP contribution < -0.4 is 4.74 Å². The number of likely N-dealkylation sites (N-methyl/N-ethyl adjacent to an activating group) is 1. The molecule has 1 fully saturated rings. The van der Waals surface area contributed by atoms with Crippen molar-refractivity contribution in [2.75, 3.05) is 20.1 Å². The average molecular weight is 377 g/mol. The number of halogens is 2. The van der Waals surface area contributed by atoms with Gasteiger partial charge in [-0.15, -0.1) is 5.10 Å². The van der Waals surface area contributed by atoms with E-state index in [9.17, 15) is 0 Å². The molecule has 5 nitrogen and oxygen atoms in total. The maximum absolute atomic E-state index is 6.28. The van der Waals surface area contributed by atoms with Crippen molar-refractivity contribution in [3.8, 4) is 17.1 Å². The second-order valence-corrected chi connectivity index (χ2v) is 7.21. The van der Waals surface area contributed by atoms with E-state index in [4.69, 9.17) is 27.9 Å². The van der Waals surface area contributed by atoms with Crippen molar-refractivity contribution < 1.29 is 4.74 Å². The van der Waals surface area contributed by atoms with E-state index in [1.807, 2.05) is 24.4 Å². The molecule has 0 spiro atoms. The van der Waals surface area contributed by atoms with E-state index in [0.717, 1.165) is 42.8 Å². The van der Waals surface area contributed by atoms with Crippen LogP contribution in [-0.4, -0.2) is 45.7 Å². The lowest BCUT2D eigenvalue weighted by molar-refractivity contribution is 0.0988. The molecule has 4 rings (SSSR count). The summed E-state index contributed by atoms with van der Waals surface area (Å²) in [5.41, 5.74) is 2.32. The number of imidazole rings is 1. The van der Waals surface area contributed by atoms with E-state index in [2.05, 4.69) is 22.0 Å². The highest BCUT2D eigenvalue weighted by Crippen LogP contribution is 2.30. The first kappa shape index (κ1) is 16.6. The number of ether oxygens (including phenoxy) is 1. The van der Waals surface area contributed by atoms with Crippen LogP contribution in [-0.2, 0) is 0 Å². The minimum Gasteiger partial charge on any atom is -0.472 e.